The van der Waals surface area contributed by atoms with Gasteiger partial charge in [0.2, 0.25) is 0 Å². The SMILES string of the molecule is O=C(CSc1ncccc1C(=O)[O-])Cc1ccc(F)cc1.[K+]. The quantitative estimate of drug-likeness (QED) is 0.471. The predicted molar refractivity (Wildman–Crippen MR) is 74.4 cm³/mol. The van der Waals surface area contributed by atoms with Crippen molar-refractivity contribution in [2.45, 2.75) is 11.4 Å². The molecule has 108 valence electrons. The van der Waals surface area contributed by atoms with Gasteiger partial charge in [-0.3, -0.25) is 4.79 Å². The van der Waals surface area contributed by atoms with Crippen molar-refractivity contribution in [3.05, 3.63) is 59.5 Å². The molecule has 1 aromatic heterocycles. The standard InChI is InChI=1S/C15H12FNO3S.K/c16-11-5-3-10(4-6-11)8-12(18)9-21-14-13(15(19)20)2-1-7-17-14;/h1-7H,8-9H2,(H,19,20);/q;+1/p-1. The Balaban J connectivity index is 0.00000242. The van der Waals surface area contributed by atoms with Gasteiger partial charge in [0, 0.05) is 18.2 Å². The maximum atomic E-state index is 12.8. The van der Waals surface area contributed by atoms with Crippen molar-refractivity contribution >= 4 is 23.5 Å². The summed E-state index contributed by atoms with van der Waals surface area (Å²) in [6.07, 6.45) is 1.62. The van der Waals surface area contributed by atoms with E-state index in [-0.39, 0.29) is 85.7 Å². The van der Waals surface area contributed by atoms with E-state index in [0.29, 0.717) is 5.56 Å². The van der Waals surface area contributed by atoms with Crippen molar-refractivity contribution < 1.29 is 70.5 Å². The van der Waals surface area contributed by atoms with Gasteiger partial charge in [-0.05, 0) is 29.8 Å². The molecular formula is C15H11FKNO3S. The fourth-order valence-corrected chi connectivity index (χ4v) is 2.53. The Morgan fingerprint density at radius 1 is 1.18 bits per heavy atom. The van der Waals surface area contributed by atoms with Gasteiger partial charge in [0.1, 0.15) is 16.6 Å². The second-order valence-corrected chi connectivity index (χ2v) is 5.24. The van der Waals surface area contributed by atoms with Crippen LogP contribution in [0.2, 0.25) is 0 Å². The zero-order valence-electron chi connectivity index (χ0n) is 11.9. The average Bonchev–Trinajstić information content (AvgIpc) is 2.48. The molecule has 4 nitrogen and oxygen atoms in total. The summed E-state index contributed by atoms with van der Waals surface area (Å²) in [5.41, 5.74) is 0.681. The summed E-state index contributed by atoms with van der Waals surface area (Å²) in [7, 11) is 0. The van der Waals surface area contributed by atoms with E-state index in [1.807, 2.05) is 0 Å². The molecule has 2 rings (SSSR count). The molecule has 0 bridgehead atoms. The molecule has 7 heteroatoms. The van der Waals surface area contributed by atoms with Crippen LogP contribution >= 0.6 is 11.8 Å². The molecule has 0 fully saturated rings. The number of rotatable bonds is 6. The van der Waals surface area contributed by atoms with Gasteiger partial charge in [-0.15, -0.1) is 0 Å². The number of hydrogen-bond acceptors (Lipinski definition) is 5. The van der Waals surface area contributed by atoms with Crippen molar-refractivity contribution in [2.75, 3.05) is 5.75 Å². The zero-order chi connectivity index (χ0) is 15.2. The van der Waals surface area contributed by atoms with E-state index in [1.165, 1.54) is 30.5 Å². The van der Waals surface area contributed by atoms with Gasteiger partial charge in [-0.2, -0.15) is 0 Å². The summed E-state index contributed by atoms with van der Waals surface area (Å²) in [4.78, 5) is 26.7. The Kier molecular flexibility index (Phi) is 8.44. The van der Waals surface area contributed by atoms with E-state index in [4.69, 9.17) is 0 Å². The first-order chi connectivity index (χ1) is 10.1. The number of Topliss-reactive ketones (excluding diaryl/α,β-unsaturated/α-hetero) is 1. The van der Waals surface area contributed by atoms with E-state index in [9.17, 15) is 19.1 Å². The number of carboxylic acids is 1. The van der Waals surface area contributed by atoms with E-state index in [1.54, 1.807) is 12.1 Å². The number of thioether (sulfide) groups is 1. The van der Waals surface area contributed by atoms with E-state index < -0.39 is 5.97 Å². The third kappa shape index (κ3) is 5.90. The summed E-state index contributed by atoms with van der Waals surface area (Å²) in [5, 5.41) is 11.2. The molecule has 0 radical (unpaired) electrons. The van der Waals surface area contributed by atoms with Crippen molar-refractivity contribution in [1.82, 2.24) is 4.98 Å². The average molecular weight is 343 g/mol. The first-order valence-corrected chi connectivity index (χ1v) is 7.10. The molecule has 0 saturated carbocycles. The van der Waals surface area contributed by atoms with Gasteiger partial charge in [0.05, 0.1) is 11.7 Å². The van der Waals surface area contributed by atoms with Crippen molar-refractivity contribution in [2.24, 2.45) is 0 Å². The van der Waals surface area contributed by atoms with Gasteiger partial charge in [0.25, 0.3) is 0 Å². The smallest absolute Gasteiger partial charge is 0.545 e. The van der Waals surface area contributed by atoms with Crippen LogP contribution in [0.25, 0.3) is 0 Å². The molecule has 0 saturated heterocycles. The Bertz CT molecular complexity index is 664. The van der Waals surface area contributed by atoms with Gasteiger partial charge < -0.3 is 9.90 Å². The topological polar surface area (TPSA) is 70.1 Å². The molecule has 22 heavy (non-hydrogen) atoms. The summed E-state index contributed by atoms with van der Waals surface area (Å²) in [5.74, 6) is -1.68. The van der Waals surface area contributed by atoms with Gasteiger partial charge >= 0.3 is 51.4 Å². The largest absolute Gasteiger partial charge is 1.00 e. The molecular weight excluding hydrogens is 332 g/mol. The minimum atomic E-state index is -1.32. The number of carbonyl (C=O) groups is 2. The summed E-state index contributed by atoms with van der Waals surface area (Å²) in [6.45, 7) is 0. The normalized spacial score (nSPS) is 9.86. The van der Waals surface area contributed by atoms with Crippen LogP contribution in [0.5, 0.6) is 0 Å². The summed E-state index contributed by atoms with van der Waals surface area (Å²) in [6, 6.07) is 8.56. The number of carboxylic acid groups (broad SMARTS) is 1. The maximum Gasteiger partial charge on any atom is 1.00 e. The number of benzene rings is 1. The number of aromatic nitrogens is 1. The minimum absolute atomic E-state index is 0. The van der Waals surface area contributed by atoms with E-state index in [2.05, 4.69) is 4.98 Å². The first-order valence-electron chi connectivity index (χ1n) is 6.11. The number of pyridine rings is 1. The van der Waals surface area contributed by atoms with Crippen LogP contribution in [-0.2, 0) is 11.2 Å². The molecule has 0 spiro atoms. The Morgan fingerprint density at radius 2 is 1.86 bits per heavy atom. The monoisotopic (exact) mass is 343 g/mol. The van der Waals surface area contributed by atoms with Gasteiger partial charge in [-0.25, -0.2) is 9.37 Å². The molecule has 0 unspecified atom stereocenters. The summed E-state index contributed by atoms with van der Waals surface area (Å²) < 4.78 is 12.8. The fourth-order valence-electron chi connectivity index (χ4n) is 1.69. The second kappa shape index (κ2) is 9.54. The molecule has 0 N–H and O–H groups in total. The molecule has 2 aromatic rings. The Morgan fingerprint density at radius 3 is 2.50 bits per heavy atom. The Labute approximate surface area is 173 Å². The third-order valence-corrected chi connectivity index (χ3v) is 3.74. The van der Waals surface area contributed by atoms with E-state index in [0.717, 1.165) is 11.8 Å². The molecule has 1 heterocycles. The number of aromatic carboxylic acids is 1. The molecule has 0 aliphatic rings. The molecule has 0 aliphatic carbocycles. The number of ketones is 1. The van der Waals surface area contributed by atoms with Crippen LogP contribution < -0.4 is 56.5 Å². The molecule has 0 aliphatic heterocycles. The van der Waals surface area contributed by atoms with Crippen LogP contribution in [0.15, 0.2) is 47.6 Å². The molecule has 0 amide bonds. The van der Waals surface area contributed by atoms with Crippen molar-refractivity contribution in [3.63, 3.8) is 0 Å². The first kappa shape index (κ1) is 19.5. The predicted octanol–water partition coefficient (Wildman–Crippen LogP) is -1.51. The van der Waals surface area contributed by atoms with E-state index >= 15 is 0 Å². The van der Waals surface area contributed by atoms with Gasteiger partial charge in [0.15, 0.2) is 0 Å². The maximum absolute atomic E-state index is 12.8. The minimum Gasteiger partial charge on any atom is -0.545 e. The van der Waals surface area contributed by atoms with Crippen LogP contribution in [0.4, 0.5) is 4.39 Å². The third-order valence-electron chi connectivity index (χ3n) is 2.68. The second-order valence-electron chi connectivity index (χ2n) is 4.27. The molecule has 0 atom stereocenters. The van der Waals surface area contributed by atoms with Crippen molar-refractivity contribution in [3.8, 4) is 0 Å². The number of hydrogen-bond donors (Lipinski definition) is 0. The van der Waals surface area contributed by atoms with Crippen LogP contribution in [-0.4, -0.2) is 22.5 Å². The van der Waals surface area contributed by atoms with Crippen LogP contribution in [0.3, 0.4) is 0 Å². The fraction of sp³-hybridized carbons (Fsp3) is 0.133. The van der Waals surface area contributed by atoms with Crippen LogP contribution in [0, 0.1) is 5.82 Å². The molecule has 1 aromatic carbocycles. The number of nitrogens with zero attached hydrogens (tertiary/aromatic N) is 1. The zero-order valence-corrected chi connectivity index (χ0v) is 15.9. The number of carbonyl (C=O) groups excluding carboxylic acids is 2. The van der Waals surface area contributed by atoms with Crippen molar-refractivity contribution in [1.29, 1.82) is 0 Å². The number of halogens is 1. The van der Waals surface area contributed by atoms with Crippen LogP contribution in [0.1, 0.15) is 15.9 Å². The Hall–Kier alpha value is -0.574. The van der Waals surface area contributed by atoms with Gasteiger partial charge in [-0.1, -0.05) is 23.9 Å². The summed E-state index contributed by atoms with van der Waals surface area (Å²) >= 11 is 1.05.